The first-order valence-corrected chi connectivity index (χ1v) is 6.97. The average Bonchev–Trinajstić information content (AvgIpc) is 3.03. The van der Waals surface area contributed by atoms with Crippen LogP contribution >= 0.6 is 0 Å². The van der Waals surface area contributed by atoms with Crippen molar-refractivity contribution in [2.45, 2.75) is 52.1 Å². The highest BCUT2D eigenvalue weighted by molar-refractivity contribution is 5.07. The van der Waals surface area contributed by atoms with Gasteiger partial charge in [-0.25, -0.2) is 0 Å². The summed E-state index contributed by atoms with van der Waals surface area (Å²) in [6, 6.07) is 0.592. The van der Waals surface area contributed by atoms with Crippen LogP contribution < -0.4 is 5.32 Å². The molecule has 1 N–H and O–H groups in total. The molecule has 0 aromatic carbocycles. The van der Waals surface area contributed by atoms with Crippen LogP contribution in [0.5, 0.6) is 0 Å². The lowest BCUT2D eigenvalue weighted by Gasteiger charge is -2.51. The van der Waals surface area contributed by atoms with Crippen molar-refractivity contribution in [3.63, 3.8) is 0 Å². The Morgan fingerprint density at radius 1 is 1.41 bits per heavy atom. The predicted molar refractivity (Wildman–Crippen MR) is 74.1 cm³/mol. The first-order chi connectivity index (χ1) is 7.88. The Kier molecular flexibility index (Phi) is 3.39. The molecule has 1 heterocycles. The molecule has 1 saturated carbocycles. The summed E-state index contributed by atoms with van der Waals surface area (Å²) < 4.78 is 0. The molecule has 1 aliphatic carbocycles. The van der Waals surface area contributed by atoms with Gasteiger partial charge in [0.15, 0.2) is 0 Å². The second-order valence-electron chi connectivity index (χ2n) is 7.12. The van der Waals surface area contributed by atoms with E-state index in [0.29, 0.717) is 17.0 Å². The van der Waals surface area contributed by atoms with Gasteiger partial charge in [-0.3, -0.25) is 4.90 Å². The zero-order valence-corrected chi connectivity index (χ0v) is 11.9. The summed E-state index contributed by atoms with van der Waals surface area (Å²) in [4.78, 5) is 2.66. The number of nitrogens with one attached hydrogen (secondary N) is 1. The summed E-state index contributed by atoms with van der Waals surface area (Å²) in [5.74, 6) is 0.899. The molecule has 0 aromatic heterocycles. The summed E-state index contributed by atoms with van der Waals surface area (Å²) in [6.45, 7) is 16.7. The zero-order chi connectivity index (χ0) is 12.7. The molecule has 2 nitrogen and oxygen atoms in total. The second-order valence-corrected chi connectivity index (χ2v) is 7.12. The molecule has 2 aliphatic rings. The van der Waals surface area contributed by atoms with Gasteiger partial charge in [0.2, 0.25) is 0 Å². The summed E-state index contributed by atoms with van der Waals surface area (Å²) >= 11 is 0. The van der Waals surface area contributed by atoms with Crippen LogP contribution in [0.3, 0.4) is 0 Å². The maximum absolute atomic E-state index is 3.93. The van der Waals surface area contributed by atoms with Gasteiger partial charge in [-0.1, -0.05) is 26.8 Å². The van der Waals surface area contributed by atoms with Crippen molar-refractivity contribution in [3.05, 3.63) is 12.7 Å². The van der Waals surface area contributed by atoms with Gasteiger partial charge in [-0.15, -0.1) is 6.58 Å². The van der Waals surface area contributed by atoms with Gasteiger partial charge in [-0.2, -0.15) is 0 Å². The van der Waals surface area contributed by atoms with Gasteiger partial charge in [0, 0.05) is 31.2 Å². The quantitative estimate of drug-likeness (QED) is 0.758. The molecule has 1 aliphatic heterocycles. The molecular weight excluding hydrogens is 208 g/mol. The van der Waals surface area contributed by atoms with Crippen molar-refractivity contribution < 1.29 is 0 Å². The lowest BCUT2D eigenvalue weighted by Crippen LogP contribution is -2.66. The fourth-order valence-electron chi connectivity index (χ4n) is 3.06. The van der Waals surface area contributed by atoms with Crippen LogP contribution in [0.2, 0.25) is 0 Å². The Morgan fingerprint density at radius 2 is 2.06 bits per heavy atom. The van der Waals surface area contributed by atoms with E-state index in [1.54, 1.807) is 0 Å². The summed E-state index contributed by atoms with van der Waals surface area (Å²) in [7, 11) is 0. The van der Waals surface area contributed by atoms with E-state index < -0.39 is 0 Å². The summed E-state index contributed by atoms with van der Waals surface area (Å²) in [5, 5.41) is 3.78. The molecule has 0 bridgehead atoms. The first kappa shape index (κ1) is 13.1. The van der Waals surface area contributed by atoms with Crippen LogP contribution in [0, 0.1) is 11.3 Å². The fraction of sp³-hybridized carbons (Fsp3) is 0.867. The molecular formula is C15H28N2. The standard InChI is InChI=1S/C15H28N2/c1-6-9-17-10-13(14(2,3)4)16-11-15(17,5)12-7-8-12/h6,12-13,16H,1,7-11H2,2-5H3. The molecule has 2 rings (SSSR count). The van der Waals surface area contributed by atoms with Crippen LogP contribution in [0.1, 0.15) is 40.5 Å². The zero-order valence-electron chi connectivity index (χ0n) is 11.9. The monoisotopic (exact) mass is 236 g/mol. The van der Waals surface area contributed by atoms with Crippen LogP contribution in [-0.4, -0.2) is 36.1 Å². The van der Waals surface area contributed by atoms with E-state index in [4.69, 9.17) is 0 Å². The number of hydrogen-bond donors (Lipinski definition) is 1. The lowest BCUT2D eigenvalue weighted by atomic mass is 9.81. The third-order valence-electron chi connectivity index (χ3n) is 4.68. The van der Waals surface area contributed by atoms with Gasteiger partial charge in [0.05, 0.1) is 0 Å². The van der Waals surface area contributed by atoms with Gasteiger partial charge < -0.3 is 5.32 Å². The van der Waals surface area contributed by atoms with Crippen molar-refractivity contribution in [3.8, 4) is 0 Å². The molecule has 2 atom stereocenters. The van der Waals surface area contributed by atoms with Crippen molar-refractivity contribution in [2.24, 2.45) is 11.3 Å². The van der Waals surface area contributed by atoms with Crippen molar-refractivity contribution >= 4 is 0 Å². The van der Waals surface area contributed by atoms with Crippen molar-refractivity contribution in [1.82, 2.24) is 10.2 Å². The van der Waals surface area contributed by atoms with E-state index in [0.717, 1.165) is 25.6 Å². The molecule has 98 valence electrons. The minimum Gasteiger partial charge on any atom is -0.310 e. The molecule has 2 fully saturated rings. The number of hydrogen-bond acceptors (Lipinski definition) is 2. The van der Waals surface area contributed by atoms with Gasteiger partial charge in [0.1, 0.15) is 0 Å². The minimum atomic E-state index is 0.338. The molecule has 2 unspecified atom stereocenters. The highest BCUT2D eigenvalue weighted by atomic mass is 15.3. The fourth-order valence-corrected chi connectivity index (χ4v) is 3.06. The molecule has 1 saturated heterocycles. The topological polar surface area (TPSA) is 15.3 Å². The van der Waals surface area contributed by atoms with E-state index in [9.17, 15) is 0 Å². The molecule has 0 radical (unpaired) electrons. The van der Waals surface area contributed by atoms with Crippen molar-refractivity contribution in [2.75, 3.05) is 19.6 Å². The Labute approximate surface area is 106 Å². The van der Waals surface area contributed by atoms with Crippen LogP contribution in [0.15, 0.2) is 12.7 Å². The van der Waals surface area contributed by atoms with Gasteiger partial charge in [0.25, 0.3) is 0 Å². The highest BCUT2D eigenvalue weighted by Crippen LogP contribution is 2.44. The smallest absolute Gasteiger partial charge is 0.0337 e. The van der Waals surface area contributed by atoms with E-state index in [1.165, 1.54) is 12.8 Å². The predicted octanol–water partition coefficient (Wildman–Crippen LogP) is 2.66. The Balaban J connectivity index is 2.10. The minimum absolute atomic E-state index is 0.338. The maximum Gasteiger partial charge on any atom is 0.0337 e. The van der Waals surface area contributed by atoms with Crippen LogP contribution in [-0.2, 0) is 0 Å². The third kappa shape index (κ3) is 2.58. The number of rotatable bonds is 3. The van der Waals surface area contributed by atoms with Crippen LogP contribution in [0.4, 0.5) is 0 Å². The van der Waals surface area contributed by atoms with E-state index in [1.807, 2.05) is 0 Å². The van der Waals surface area contributed by atoms with Gasteiger partial charge in [-0.05, 0) is 31.1 Å². The van der Waals surface area contributed by atoms with Crippen LogP contribution in [0.25, 0.3) is 0 Å². The third-order valence-corrected chi connectivity index (χ3v) is 4.68. The van der Waals surface area contributed by atoms with Gasteiger partial charge >= 0.3 is 0 Å². The Hall–Kier alpha value is -0.340. The molecule has 0 spiro atoms. The van der Waals surface area contributed by atoms with E-state index in [-0.39, 0.29) is 0 Å². The molecule has 0 amide bonds. The number of nitrogens with zero attached hydrogens (tertiary/aromatic N) is 1. The lowest BCUT2D eigenvalue weighted by molar-refractivity contribution is 0.0197. The first-order valence-electron chi connectivity index (χ1n) is 6.97. The van der Waals surface area contributed by atoms with E-state index in [2.05, 4.69) is 50.6 Å². The SMILES string of the molecule is C=CCN1CC(C(C)(C)C)NCC1(C)C1CC1. The highest BCUT2D eigenvalue weighted by Gasteiger charge is 2.49. The van der Waals surface area contributed by atoms with E-state index >= 15 is 0 Å². The summed E-state index contributed by atoms with van der Waals surface area (Å²) in [5.41, 5.74) is 0.695. The number of piperazine rings is 1. The normalized spacial score (nSPS) is 35.9. The summed E-state index contributed by atoms with van der Waals surface area (Å²) in [6.07, 6.45) is 4.88. The average molecular weight is 236 g/mol. The second kappa shape index (κ2) is 4.40. The largest absolute Gasteiger partial charge is 0.310 e. The molecule has 2 heteroatoms. The Morgan fingerprint density at radius 3 is 2.53 bits per heavy atom. The Bertz CT molecular complexity index is 288. The molecule has 17 heavy (non-hydrogen) atoms. The molecule has 0 aromatic rings. The van der Waals surface area contributed by atoms with Crippen molar-refractivity contribution in [1.29, 1.82) is 0 Å². The maximum atomic E-state index is 3.93.